The smallest absolute Gasteiger partial charge is 0.471 e. The Morgan fingerprint density at radius 1 is 1.18 bits per heavy atom. The molecule has 0 unspecified atom stereocenters. The van der Waals surface area contributed by atoms with E-state index in [2.05, 4.69) is 0 Å². The van der Waals surface area contributed by atoms with Gasteiger partial charge < -0.3 is 10.4 Å². The van der Waals surface area contributed by atoms with Crippen LogP contribution in [0.1, 0.15) is 38.5 Å². The molecule has 2 N–H and O–H groups in total. The van der Waals surface area contributed by atoms with E-state index in [-0.39, 0.29) is 12.8 Å². The number of alkyl halides is 3. The number of carboxylic acid groups (broad SMARTS) is 1. The van der Waals surface area contributed by atoms with E-state index in [1.165, 1.54) is 0 Å². The van der Waals surface area contributed by atoms with Crippen LogP contribution in [0.4, 0.5) is 13.2 Å². The molecule has 7 heteroatoms. The Bertz CT molecular complexity index is 308. The Balaban J connectivity index is 2.76. The molecule has 0 bridgehead atoms. The summed E-state index contributed by atoms with van der Waals surface area (Å²) in [5.74, 6) is -3.25. The fourth-order valence-electron chi connectivity index (χ4n) is 2.18. The second-order valence-corrected chi connectivity index (χ2v) is 4.36. The normalized spacial score (nSPS) is 19.7. The van der Waals surface area contributed by atoms with Crippen molar-refractivity contribution in [2.24, 2.45) is 0 Å². The summed E-state index contributed by atoms with van der Waals surface area (Å²) in [6.45, 7) is 0. The average molecular weight is 253 g/mol. The summed E-state index contributed by atoms with van der Waals surface area (Å²) >= 11 is 0. The van der Waals surface area contributed by atoms with Gasteiger partial charge in [-0.2, -0.15) is 13.2 Å². The highest BCUT2D eigenvalue weighted by atomic mass is 19.4. The summed E-state index contributed by atoms with van der Waals surface area (Å²) in [7, 11) is 0. The van der Waals surface area contributed by atoms with Crippen molar-refractivity contribution in [1.82, 2.24) is 5.32 Å². The molecule has 1 saturated carbocycles. The molecule has 0 heterocycles. The first-order valence-corrected chi connectivity index (χ1v) is 5.36. The number of nitrogens with one attached hydrogen (secondary N) is 1. The molecule has 0 radical (unpaired) electrons. The highest BCUT2D eigenvalue weighted by Gasteiger charge is 2.45. The summed E-state index contributed by atoms with van der Waals surface area (Å²) in [6.07, 6.45) is -2.76. The maximum Gasteiger partial charge on any atom is 0.471 e. The lowest BCUT2D eigenvalue weighted by Crippen LogP contribution is -2.54. The van der Waals surface area contributed by atoms with Crippen LogP contribution in [0, 0.1) is 0 Å². The van der Waals surface area contributed by atoms with Crippen LogP contribution in [0.5, 0.6) is 0 Å². The minimum Gasteiger partial charge on any atom is -0.481 e. The molecule has 1 rings (SSSR count). The number of amides is 1. The summed E-state index contributed by atoms with van der Waals surface area (Å²) < 4.78 is 36.5. The predicted octanol–water partition coefficient (Wildman–Crippen LogP) is 1.84. The van der Waals surface area contributed by atoms with E-state index in [0.717, 1.165) is 6.42 Å². The van der Waals surface area contributed by atoms with Crippen molar-refractivity contribution in [2.45, 2.75) is 50.2 Å². The fraction of sp³-hybridized carbons (Fsp3) is 0.800. The maximum absolute atomic E-state index is 12.2. The van der Waals surface area contributed by atoms with Crippen molar-refractivity contribution in [1.29, 1.82) is 0 Å². The molecule has 0 spiro atoms. The zero-order chi connectivity index (χ0) is 13.1. The van der Waals surface area contributed by atoms with Gasteiger partial charge in [-0.3, -0.25) is 9.59 Å². The molecule has 17 heavy (non-hydrogen) atoms. The van der Waals surface area contributed by atoms with Crippen LogP contribution in [0.15, 0.2) is 0 Å². The Kier molecular flexibility index (Phi) is 4.00. The SMILES string of the molecule is O=C(O)CC1(NC(=O)C(F)(F)F)CCCCC1. The minimum absolute atomic E-state index is 0.279. The standard InChI is InChI=1S/C10H14F3NO3/c11-10(12,13)8(17)14-9(6-7(15)16)4-2-1-3-5-9/h1-6H2,(H,14,17)(H,15,16). The molecule has 98 valence electrons. The molecule has 1 amide bonds. The van der Waals surface area contributed by atoms with Gasteiger partial charge in [-0.25, -0.2) is 0 Å². The van der Waals surface area contributed by atoms with Gasteiger partial charge in [0.1, 0.15) is 0 Å². The summed E-state index contributed by atoms with van der Waals surface area (Å²) in [5, 5.41) is 10.6. The minimum atomic E-state index is -4.97. The molecule has 0 saturated heterocycles. The first-order chi connectivity index (χ1) is 7.75. The largest absolute Gasteiger partial charge is 0.481 e. The molecule has 1 aliphatic carbocycles. The van der Waals surface area contributed by atoms with Crippen LogP contribution < -0.4 is 5.32 Å². The predicted molar refractivity (Wildman–Crippen MR) is 52.3 cm³/mol. The highest BCUT2D eigenvalue weighted by molar-refractivity contribution is 5.83. The molecular formula is C10H14F3NO3. The molecule has 4 nitrogen and oxygen atoms in total. The van der Waals surface area contributed by atoms with E-state index in [4.69, 9.17) is 5.11 Å². The lowest BCUT2D eigenvalue weighted by atomic mass is 9.79. The molecule has 0 atom stereocenters. The molecule has 0 aliphatic heterocycles. The number of carbonyl (C=O) groups is 2. The number of hydrogen-bond acceptors (Lipinski definition) is 2. The van der Waals surface area contributed by atoms with Crippen LogP contribution in [-0.2, 0) is 9.59 Å². The van der Waals surface area contributed by atoms with Gasteiger partial charge in [0.2, 0.25) is 0 Å². The van der Waals surface area contributed by atoms with Crippen molar-refractivity contribution in [2.75, 3.05) is 0 Å². The molecule has 0 aromatic rings. The topological polar surface area (TPSA) is 66.4 Å². The maximum atomic E-state index is 12.2. The first-order valence-electron chi connectivity index (χ1n) is 5.36. The van der Waals surface area contributed by atoms with Gasteiger partial charge in [0.25, 0.3) is 0 Å². The van der Waals surface area contributed by atoms with Crippen molar-refractivity contribution < 1.29 is 27.9 Å². The molecule has 0 aromatic heterocycles. The van der Waals surface area contributed by atoms with Crippen molar-refractivity contribution in [3.8, 4) is 0 Å². The molecule has 1 fully saturated rings. The van der Waals surface area contributed by atoms with Gasteiger partial charge in [0.15, 0.2) is 0 Å². The fourth-order valence-corrected chi connectivity index (χ4v) is 2.18. The second kappa shape index (κ2) is 4.93. The van der Waals surface area contributed by atoms with Crippen molar-refractivity contribution in [3.05, 3.63) is 0 Å². The van der Waals surface area contributed by atoms with E-state index in [1.54, 1.807) is 0 Å². The lowest BCUT2D eigenvalue weighted by molar-refractivity contribution is -0.176. The third-order valence-electron chi connectivity index (χ3n) is 2.94. The van der Waals surface area contributed by atoms with E-state index < -0.39 is 30.0 Å². The zero-order valence-corrected chi connectivity index (χ0v) is 9.14. The molecule has 1 aliphatic rings. The summed E-state index contributed by atoms with van der Waals surface area (Å²) in [4.78, 5) is 21.6. The Morgan fingerprint density at radius 3 is 2.12 bits per heavy atom. The van der Waals surface area contributed by atoms with Gasteiger partial charge in [-0.15, -0.1) is 0 Å². The Hall–Kier alpha value is -1.27. The van der Waals surface area contributed by atoms with Crippen LogP contribution in [0.2, 0.25) is 0 Å². The first kappa shape index (κ1) is 13.8. The number of halogens is 3. The van der Waals surface area contributed by atoms with Crippen LogP contribution >= 0.6 is 0 Å². The third kappa shape index (κ3) is 3.90. The number of carboxylic acids is 1. The van der Waals surface area contributed by atoms with E-state index in [0.29, 0.717) is 12.8 Å². The van der Waals surface area contributed by atoms with Crippen molar-refractivity contribution >= 4 is 11.9 Å². The Morgan fingerprint density at radius 2 is 1.71 bits per heavy atom. The van der Waals surface area contributed by atoms with Gasteiger partial charge in [-0.05, 0) is 12.8 Å². The second-order valence-electron chi connectivity index (χ2n) is 4.36. The van der Waals surface area contributed by atoms with E-state index in [1.807, 2.05) is 5.32 Å². The van der Waals surface area contributed by atoms with Gasteiger partial charge >= 0.3 is 18.1 Å². The van der Waals surface area contributed by atoms with Gasteiger partial charge in [0.05, 0.1) is 12.0 Å². The summed E-state index contributed by atoms with van der Waals surface area (Å²) in [6, 6.07) is 0. The lowest BCUT2D eigenvalue weighted by Gasteiger charge is -2.37. The van der Waals surface area contributed by atoms with E-state index >= 15 is 0 Å². The Labute approximate surface area is 96.2 Å². The van der Waals surface area contributed by atoms with Crippen LogP contribution in [0.3, 0.4) is 0 Å². The quantitative estimate of drug-likeness (QED) is 0.806. The van der Waals surface area contributed by atoms with Crippen LogP contribution in [0.25, 0.3) is 0 Å². The number of carbonyl (C=O) groups excluding carboxylic acids is 1. The molecule has 0 aromatic carbocycles. The molecular weight excluding hydrogens is 239 g/mol. The van der Waals surface area contributed by atoms with Gasteiger partial charge in [0, 0.05) is 0 Å². The highest BCUT2D eigenvalue weighted by Crippen LogP contribution is 2.32. The number of rotatable bonds is 3. The summed E-state index contributed by atoms with van der Waals surface area (Å²) in [5.41, 5.74) is -1.24. The number of aliphatic carboxylic acids is 1. The third-order valence-corrected chi connectivity index (χ3v) is 2.94. The van der Waals surface area contributed by atoms with Crippen molar-refractivity contribution in [3.63, 3.8) is 0 Å². The monoisotopic (exact) mass is 253 g/mol. The number of hydrogen-bond donors (Lipinski definition) is 2. The van der Waals surface area contributed by atoms with Crippen LogP contribution in [-0.4, -0.2) is 28.7 Å². The zero-order valence-electron chi connectivity index (χ0n) is 9.14. The van der Waals surface area contributed by atoms with E-state index in [9.17, 15) is 22.8 Å². The average Bonchev–Trinajstić information content (AvgIpc) is 2.15. The van der Waals surface area contributed by atoms with Gasteiger partial charge in [-0.1, -0.05) is 19.3 Å².